The van der Waals surface area contributed by atoms with E-state index in [0.717, 1.165) is 11.1 Å². The highest BCUT2D eigenvalue weighted by atomic mass is 35.5. The molecule has 7 heteroatoms. The monoisotopic (exact) mass is 374 g/mol. The average molecular weight is 375 g/mol. The summed E-state index contributed by atoms with van der Waals surface area (Å²) in [6.45, 7) is 1.62. The number of nitrogens with one attached hydrogen (secondary N) is 1. The second-order valence-corrected chi connectivity index (χ2v) is 5.88. The van der Waals surface area contributed by atoms with Crippen molar-refractivity contribution in [2.45, 2.75) is 6.92 Å². The molecule has 0 saturated heterocycles. The van der Waals surface area contributed by atoms with E-state index in [9.17, 15) is 9.59 Å². The molecule has 0 spiro atoms. The molecule has 0 aliphatic heterocycles. The Kier molecular flexibility index (Phi) is 6.63. The summed E-state index contributed by atoms with van der Waals surface area (Å²) in [5, 5.41) is 3.40. The number of ether oxygens (including phenoxy) is 2. The molecule has 0 saturated carbocycles. The first kappa shape index (κ1) is 19.3. The van der Waals surface area contributed by atoms with Crippen LogP contribution in [0.4, 0.5) is 5.69 Å². The van der Waals surface area contributed by atoms with E-state index in [1.54, 1.807) is 42.5 Å². The number of carbonyl (C=O) groups is 2. The van der Waals surface area contributed by atoms with Crippen LogP contribution >= 0.6 is 11.6 Å². The first-order valence-corrected chi connectivity index (χ1v) is 8.11. The van der Waals surface area contributed by atoms with Gasteiger partial charge in [-0.3, -0.25) is 9.59 Å². The van der Waals surface area contributed by atoms with Crippen LogP contribution in [0.2, 0.25) is 5.02 Å². The van der Waals surface area contributed by atoms with Gasteiger partial charge >= 0.3 is 0 Å². The van der Waals surface area contributed by atoms with Gasteiger partial charge in [0.1, 0.15) is 0 Å². The number of rotatable bonds is 7. The number of carbonyl (C=O) groups excluding carboxylic acids is 2. The maximum Gasteiger partial charge on any atom is 0.255 e. The fourth-order valence-corrected chi connectivity index (χ4v) is 2.40. The molecule has 3 N–H and O–H groups in total. The zero-order valence-electron chi connectivity index (χ0n) is 14.4. The molecule has 0 bridgehead atoms. The van der Waals surface area contributed by atoms with Crippen LogP contribution in [0.15, 0.2) is 42.5 Å². The smallest absolute Gasteiger partial charge is 0.255 e. The van der Waals surface area contributed by atoms with E-state index in [2.05, 4.69) is 5.32 Å². The molecular formula is C19H19ClN2O4. The summed E-state index contributed by atoms with van der Waals surface area (Å²) in [7, 11) is 1.48. The minimum Gasteiger partial charge on any atom is -0.493 e. The van der Waals surface area contributed by atoms with Crippen molar-refractivity contribution in [3.8, 4) is 11.5 Å². The number of amides is 2. The van der Waals surface area contributed by atoms with Gasteiger partial charge in [0.15, 0.2) is 18.1 Å². The maximum absolute atomic E-state index is 12.1. The van der Waals surface area contributed by atoms with Gasteiger partial charge in [-0.2, -0.15) is 0 Å². The lowest BCUT2D eigenvalue weighted by Crippen LogP contribution is -2.20. The van der Waals surface area contributed by atoms with Crippen LogP contribution in [0.25, 0.3) is 6.08 Å². The number of methoxy groups -OCH3 is 1. The quantitative estimate of drug-likeness (QED) is 0.728. The molecule has 0 radical (unpaired) electrons. The fourth-order valence-electron chi connectivity index (χ4n) is 2.17. The molecule has 0 aliphatic rings. The van der Waals surface area contributed by atoms with Gasteiger partial charge in [0.05, 0.1) is 7.11 Å². The maximum atomic E-state index is 12.1. The van der Waals surface area contributed by atoms with Crippen LogP contribution < -0.4 is 20.5 Å². The van der Waals surface area contributed by atoms with Crippen LogP contribution in [-0.2, 0) is 9.59 Å². The summed E-state index contributed by atoms with van der Waals surface area (Å²) in [5.41, 5.74) is 7.35. The lowest BCUT2D eigenvalue weighted by atomic mass is 10.1. The Hall–Kier alpha value is -2.99. The van der Waals surface area contributed by atoms with Crippen LogP contribution in [0.1, 0.15) is 11.1 Å². The number of hydrogen-bond donors (Lipinski definition) is 2. The van der Waals surface area contributed by atoms with Gasteiger partial charge < -0.3 is 20.5 Å². The number of primary amides is 1. The van der Waals surface area contributed by atoms with Crippen LogP contribution in [0.5, 0.6) is 11.5 Å². The third-order valence-electron chi connectivity index (χ3n) is 3.43. The minimum atomic E-state index is -0.579. The summed E-state index contributed by atoms with van der Waals surface area (Å²) in [6.07, 6.45) is 3.05. The minimum absolute atomic E-state index is 0.242. The Balaban J connectivity index is 2.06. The number of halogens is 1. The largest absolute Gasteiger partial charge is 0.493 e. The van der Waals surface area contributed by atoms with Gasteiger partial charge in [0.2, 0.25) is 5.91 Å². The zero-order valence-corrected chi connectivity index (χ0v) is 15.2. The molecule has 0 unspecified atom stereocenters. The van der Waals surface area contributed by atoms with Gasteiger partial charge in [-0.1, -0.05) is 17.7 Å². The van der Waals surface area contributed by atoms with E-state index < -0.39 is 5.91 Å². The summed E-state index contributed by atoms with van der Waals surface area (Å²) in [6, 6.07) is 10.3. The Labute approximate surface area is 156 Å². The van der Waals surface area contributed by atoms with Gasteiger partial charge in [-0.15, -0.1) is 0 Å². The lowest BCUT2D eigenvalue weighted by Gasteiger charge is -2.10. The van der Waals surface area contributed by atoms with Crippen molar-refractivity contribution >= 4 is 35.2 Å². The highest BCUT2D eigenvalue weighted by Gasteiger charge is 2.07. The fraction of sp³-hybridized carbons (Fsp3) is 0.158. The van der Waals surface area contributed by atoms with Gasteiger partial charge in [-0.05, 0) is 54.5 Å². The molecule has 2 amide bonds. The molecule has 0 fully saturated rings. The van der Waals surface area contributed by atoms with Gasteiger partial charge in [0, 0.05) is 16.8 Å². The molecular weight excluding hydrogens is 356 g/mol. The third-order valence-corrected chi connectivity index (χ3v) is 3.67. The molecule has 2 rings (SSSR count). The van der Waals surface area contributed by atoms with Crippen molar-refractivity contribution in [3.63, 3.8) is 0 Å². The molecule has 2 aromatic rings. The SMILES string of the molecule is COc1cc(/C=C/C(=O)Nc2ccc(Cl)cc2C)ccc1OCC(N)=O. The number of hydrogen-bond acceptors (Lipinski definition) is 4. The standard InChI is InChI=1S/C19H19ClN2O4/c1-12-9-14(20)5-6-15(12)22-19(24)8-4-13-3-7-16(17(10-13)25-2)26-11-18(21)23/h3-10H,11H2,1-2H3,(H2,21,23)(H,22,24)/b8-4+. The molecule has 136 valence electrons. The molecule has 26 heavy (non-hydrogen) atoms. The number of benzene rings is 2. The number of anilines is 1. The Morgan fingerprint density at radius 3 is 2.62 bits per heavy atom. The predicted octanol–water partition coefficient (Wildman–Crippen LogP) is 3.17. The van der Waals surface area contributed by atoms with Crippen molar-refractivity contribution in [3.05, 3.63) is 58.6 Å². The molecule has 0 atom stereocenters. The summed E-state index contributed by atoms with van der Waals surface area (Å²) in [4.78, 5) is 22.9. The van der Waals surface area contributed by atoms with Crippen LogP contribution in [0, 0.1) is 6.92 Å². The second kappa shape index (κ2) is 8.92. The van der Waals surface area contributed by atoms with E-state index in [1.165, 1.54) is 13.2 Å². The average Bonchev–Trinajstić information content (AvgIpc) is 2.60. The van der Waals surface area contributed by atoms with E-state index in [0.29, 0.717) is 22.2 Å². The van der Waals surface area contributed by atoms with Crippen molar-refractivity contribution in [1.29, 1.82) is 0 Å². The van der Waals surface area contributed by atoms with Gasteiger partial charge in [-0.25, -0.2) is 0 Å². The van der Waals surface area contributed by atoms with E-state index in [-0.39, 0.29) is 12.5 Å². The zero-order chi connectivity index (χ0) is 19.1. The summed E-state index contributed by atoms with van der Waals surface area (Å²) < 4.78 is 10.5. The predicted molar refractivity (Wildman–Crippen MR) is 102 cm³/mol. The van der Waals surface area contributed by atoms with E-state index in [4.69, 9.17) is 26.8 Å². The first-order valence-electron chi connectivity index (χ1n) is 7.73. The molecule has 2 aromatic carbocycles. The summed E-state index contributed by atoms with van der Waals surface area (Å²) in [5.74, 6) is -0.0271. The van der Waals surface area contributed by atoms with Crippen molar-refractivity contribution < 1.29 is 19.1 Å². The molecule has 0 aliphatic carbocycles. The van der Waals surface area contributed by atoms with Crippen LogP contribution in [0.3, 0.4) is 0 Å². The Morgan fingerprint density at radius 1 is 1.19 bits per heavy atom. The van der Waals surface area contributed by atoms with E-state index in [1.807, 2.05) is 6.92 Å². The highest BCUT2D eigenvalue weighted by Crippen LogP contribution is 2.28. The normalized spacial score (nSPS) is 10.6. The number of aryl methyl sites for hydroxylation is 1. The first-order chi connectivity index (χ1) is 12.4. The van der Waals surface area contributed by atoms with Gasteiger partial charge in [0.25, 0.3) is 5.91 Å². The molecule has 6 nitrogen and oxygen atoms in total. The van der Waals surface area contributed by atoms with Crippen molar-refractivity contribution in [1.82, 2.24) is 0 Å². The lowest BCUT2D eigenvalue weighted by molar-refractivity contribution is -0.120. The highest BCUT2D eigenvalue weighted by molar-refractivity contribution is 6.30. The van der Waals surface area contributed by atoms with Crippen molar-refractivity contribution in [2.24, 2.45) is 5.73 Å². The second-order valence-electron chi connectivity index (χ2n) is 5.45. The topological polar surface area (TPSA) is 90.7 Å². The van der Waals surface area contributed by atoms with E-state index >= 15 is 0 Å². The summed E-state index contributed by atoms with van der Waals surface area (Å²) >= 11 is 5.90. The van der Waals surface area contributed by atoms with Crippen molar-refractivity contribution in [2.75, 3.05) is 19.0 Å². The number of nitrogens with two attached hydrogens (primary N) is 1. The Bertz CT molecular complexity index is 849. The Morgan fingerprint density at radius 2 is 1.96 bits per heavy atom. The third kappa shape index (κ3) is 5.53. The molecule has 0 heterocycles. The van der Waals surface area contributed by atoms with Crippen LogP contribution in [-0.4, -0.2) is 25.5 Å². The molecule has 0 aromatic heterocycles.